The highest BCUT2D eigenvalue weighted by Gasteiger charge is 2.30. The van der Waals surface area contributed by atoms with Gasteiger partial charge < -0.3 is 4.74 Å². The van der Waals surface area contributed by atoms with Gasteiger partial charge in [-0.25, -0.2) is 18.2 Å². The monoisotopic (exact) mass is 469 g/mol. The van der Waals surface area contributed by atoms with Gasteiger partial charge in [0, 0.05) is 12.1 Å². The molecule has 3 aromatic rings. The molecule has 33 heavy (non-hydrogen) atoms. The summed E-state index contributed by atoms with van der Waals surface area (Å²) in [4.78, 5) is 12.5. The number of ether oxygens (including phenoxy) is 1. The van der Waals surface area contributed by atoms with Gasteiger partial charge in [-0.3, -0.25) is 4.79 Å². The Bertz CT molecular complexity index is 1250. The summed E-state index contributed by atoms with van der Waals surface area (Å²) in [6, 6.07) is 19.7. The molecule has 1 N–H and O–H groups in total. The molecule has 1 amide bonds. The second-order valence-electron chi connectivity index (χ2n) is 7.23. The fraction of sp³-hybridized carbons (Fsp3) is 0.167. The van der Waals surface area contributed by atoms with Crippen LogP contribution in [0.5, 0.6) is 5.75 Å². The van der Waals surface area contributed by atoms with E-state index in [1.165, 1.54) is 31.4 Å². The van der Waals surface area contributed by atoms with Crippen LogP contribution in [0.25, 0.3) is 0 Å². The minimum atomic E-state index is -4.11. The Morgan fingerprint density at radius 1 is 1.09 bits per heavy atom. The Kier molecular flexibility index (Phi) is 7.92. The first-order valence-electron chi connectivity index (χ1n) is 10.1. The average molecular weight is 470 g/mol. The fourth-order valence-electron chi connectivity index (χ4n) is 3.09. The first-order chi connectivity index (χ1) is 15.8. The summed E-state index contributed by atoms with van der Waals surface area (Å²) >= 11 is 0. The van der Waals surface area contributed by atoms with Crippen LogP contribution in [0, 0.1) is 12.7 Å². The number of nitrogens with zero attached hydrogens (tertiary/aromatic N) is 2. The van der Waals surface area contributed by atoms with E-state index in [1.807, 2.05) is 6.07 Å². The van der Waals surface area contributed by atoms with Crippen molar-refractivity contribution < 1.29 is 22.3 Å². The maximum atomic E-state index is 13.7. The second kappa shape index (κ2) is 10.8. The van der Waals surface area contributed by atoms with E-state index in [0.717, 1.165) is 16.1 Å². The zero-order valence-electron chi connectivity index (χ0n) is 18.2. The van der Waals surface area contributed by atoms with Gasteiger partial charge in [0.2, 0.25) is 10.0 Å². The third-order valence-electron chi connectivity index (χ3n) is 4.76. The van der Waals surface area contributed by atoms with Gasteiger partial charge in [-0.1, -0.05) is 54.6 Å². The lowest BCUT2D eigenvalue weighted by molar-refractivity contribution is -0.121. The predicted molar refractivity (Wildman–Crippen MR) is 124 cm³/mol. The van der Waals surface area contributed by atoms with Crippen molar-refractivity contribution in [3.63, 3.8) is 0 Å². The minimum absolute atomic E-state index is 0.0370. The van der Waals surface area contributed by atoms with Gasteiger partial charge in [-0.15, -0.1) is 0 Å². The number of rotatable bonds is 9. The number of hydrogen-bond donors (Lipinski definition) is 1. The largest absolute Gasteiger partial charge is 0.495 e. The third kappa shape index (κ3) is 6.24. The zero-order chi connectivity index (χ0) is 23.8. The van der Waals surface area contributed by atoms with Crippen LogP contribution in [-0.4, -0.2) is 38.5 Å². The van der Waals surface area contributed by atoms with Gasteiger partial charge in [0.05, 0.1) is 19.9 Å². The van der Waals surface area contributed by atoms with Crippen LogP contribution in [-0.2, 0) is 21.4 Å². The summed E-state index contributed by atoms with van der Waals surface area (Å²) < 4.78 is 47.1. The zero-order valence-corrected chi connectivity index (χ0v) is 19.0. The first-order valence-corrected chi connectivity index (χ1v) is 11.5. The molecule has 0 unspecified atom stereocenters. The fourth-order valence-corrected chi connectivity index (χ4v) is 4.71. The molecule has 0 bridgehead atoms. The number of carbonyl (C=O) groups excluding carboxylic acids is 1. The summed E-state index contributed by atoms with van der Waals surface area (Å²) in [7, 11) is -2.72. The van der Waals surface area contributed by atoms with Crippen LogP contribution in [0.2, 0.25) is 0 Å². The number of nitrogens with one attached hydrogen (secondary N) is 1. The molecule has 0 radical (unpaired) electrons. The topological polar surface area (TPSA) is 88.1 Å². The summed E-state index contributed by atoms with van der Waals surface area (Å²) in [5.41, 5.74) is 3.89. The Labute approximate surface area is 192 Å². The van der Waals surface area contributed by atoms with Gasteiger partial charge in [0.25, 0.3) is 5.91 Å². The molecule has 3 rings (SSSR count). The van der Waals surface area contributed by atoms with Gasteiger partial charge >= 0.3 is 0 Å². The number of carbonyl (C=O) groups is 1. The lowest BCUT2D eigenvalue weighted by Gasteiger charge is -2.23. The number of hydrogen-bond acceptors (Lipinski definition) is 5. The second-order valence-corrected chi connectivity index (χ2v) is 9.13. The molecule has 172 valence electrons. The average Bonchev–Trinajstić information content (AvgIpc) is 2.80. The molecule has 0 fully saturated rings. The molecule has 0 aromatic heterocycles. The van der Waals surface area contributed by atoms with E-state index in [2.05, 4.69) is 10.5 Å². The number of halogens is 1. The van der Waals surface area contributed by atoms with E-state index in [4.69, 9.17) is 4.74 Å². The van der Waals surface area contributed by atoms with Gasteiger partial charge in [0.1, 0.15) is 16.5 Å². The Hall–Kier alpha value is -3.56. The van der Waals surface area contributed by atoms with Crippen molar-refractivity contribution in [2.24, 2.45) is 5.10 Å². The Balaban J connectivity index is 1.86. The van der Waals surface area contributed by atoms with Crippen LogP contribution < -0.4 is 10.2 Å². The molecule has 0 heterocycles. The van der Waals surface area contributed by atoms with Gasteiger partial charge in [-0.05, 0) is 36.2 Å². The highest BCUT2D eigenvalue weighted by atomic mass is 32.2. The number of methoxy groups -OCH3 is 1. The number of hydrazone groups is 1. The number of amides is 1. The van der Waals surface area contributed by atoms with E-state index in [1.54, 1.807) is 49.4 Å². The highest BCUT2D eigenvalue weighted by Crippen LogP contribution is 2.28. The molecule has 9 heteroatoms. The number of sulfonamides is 1. The van der Waals surface area contributed by atoms with E-state index >= 15 is 0 Å². The van der Waals surface area contributed by atoms with Crippen LogP contribution in [0.4, 0.5) is 4.39 Å². The van der Waals surface area contributed by atoms with Crippen molar-refractivity contribution in [1.82, 2.24) is 9.73 Å². The smallest absolute Gasteiger partial charge is 0.255 e. The standard InChI is InChI=1S/C24H24FN3O4S/c1-18-12-13-22(32-2)23(14-18)33(30,31)28(16-19-8-4-3-5-9-19)17-24(29)27-26-15-20-10-6-7-11-21(20)25/h3-15H,16-17H2,1-2H3,(H,27,29). The Morgan fingerprint density at radius 3 is 2.48 bits per heavy atom. The molecule has 3 aromatic carbocycles. The van der Waals surface area contributed by atoms with Gasteiger partial charge in [0.15, 0.2) is 0 Å². The van der Waals surface area contributed by atoms with E-state index in [9.17, 15) is 17.6 Å². The Morgan fingerprint density at radius 2 is 1.79 bits per heavy atom. The van der Waals surface area contributed by atoms with Crippen molar-refractivity contribution in [2.75, 3.05) is 13.7 Å². The molecule has 0 atom stereocenters. The van der Waals surface area contributed by atoms with Crippen LogP contribution in [0.3, 0.4) is 0 Å². The molecule has 7 nitrogen and oxygen atoms in total. The van der Waals surface area contributed by atoms with Crippen LogP contribution in [0.1, 0.15) is 16.7 Å². The van der Waals surface area contributed by atoms with Crippen molar-refractivity contribution in [3.8, 4) is 5.75 Å². The van der Waals surface area contributed by atoms with Crippen molar-refractivity contribution in [2.45, 2.75) is 18.4 Å². The summed E-state index contributed by atoms with van der Waals surface area (Å²) in [5, 5.41) is 3.75. The lowest BCUT2D eigenvalue weighted by atomic mass is 10.2. The van der Waals surface area contributed by atoms with Gasteiger partial charge in [-0.2, -0.15) is 9.41 Å². The maximum absolute atomic E-state index is 13.7. The minimum Gasteiger partial charge on any atom is -0.495 e. The van der Waals surface area contributed by atoms with Crippen LogP contribution >= 0.6 is 0 Å². The van der Waals surface area contributed by atoms with E-state index < -0.39 is 28.3 Å². The normalized spacial score (nSPS) is 11.6. The SMILES string of the molecule is COc1ccc(C)cc1S(=O)(=O)N(CC(=O)NN=Cc1ccccc1F)Cc1ccccc1. The molecule has 0 aliphatic heterocycles. The first kappa shape index (κ1) is 24.1. The molecule has 0 aliphatic carbocycles. The molecular formula is C24H24FN3O4S. The summed E-state index contributed by atoms with van der Waals surface area (Å²) in [6.45, 7) is 1.23. The molecule has 0 spiro atoms. The van der Waals surface area contributed by atoms with Crippen LogP contribution in [0.15, 0.2) is 82.8 Å². The summed E-state index contributed by atoms with van der Waals surface area (Å²) in [5.74, 6) is -0.985. The van der Waals surface area contributed by atoms with E-state index in [0.29, 0.717) is 5.56 Å². The lowest BCUT2D eigenvalue weighted by Crippen LogP contribution is -2.39. The quantitative estimate of drug-likeness (QED) is 0.384. The molecular weight excluding hydrogens is 445 g/mol. The molecule has 0 saturated carbocycles. The molecule has 0 saturated heterocycles. The summed E-state index contributed by atoms with van der Waals surface area (Å²) in [6.07, 6.45) is 1.16. The van der Waals surface area contributed by atoms with E-state index in [-0.39, 0.29) is 22.8 Å². The maximum Gasteiger partial charge on any atom is 0.255 e. The van der Waals surface area contributed by atoms with Crippen molar-refractivity contribution in [1.29, 1.82) is 0 Å². The van der Waals surface area contributed by atoms with Crippen molar-refractivity contribution in [3.05, 3.63) is 95.3 Å². The van der Waals surface area contributed by atoms with Crippen molar-refractivity contribution >= 4 is 22.1 Å². The predicted octanol–water partition coefficient (Wildman–Crippen LogP) is 3.48. The third-order valence-corrected chi connectivity index (χ3v) is 6.57. The number of aryl methyl sites for hydroxylation is 1. The highest BCUT2D eigenvalue weighted by molar-refractivity contribution is 7.89. The number of benzene rings is 3. The molecule has 0 aliphatic rings.